The van der Waals surface area contributed by atoms with Crippen molar-refractivity contribution < 1.29 is 26.4 Å². The number of alkyl halides is 3. The second-order valence-corrected chi connectivity index (χ2v) is 10.4. The quantitative estimate of drug-likeness (QED) is 0.381. The highest BCUT2D eigenvalue weighted by Crippen LogP contribution is 2.34. The minimum absolute atomic E-state index is 0.0851. The van der Waals surface area contributed by atoms with Gasteiger partial charge in [0.2, 0.25) is 21.1 Å². The zero-order valence-electron chi connectivity index (χ0n) is 17.7. The lowest BCUT2D eigenvalue weighted by Crippen LogP contribution is -2.22. The molecule has 0 aliphatic carbocycles. The number of H-pyrrole nitrogens is 1. The van der Waals surface area contributed by atoms with Crippen LogP contribution in [0.15, 0.2) is 52.5 Å². The number of sulfonamides is 1. The van der Waals surface area contributed by atoms with E-state index in [1.54, 1.807) is 6.07 Å². The Kier molecular flexibility index (Phi) is 6.22. The molecule has 2 aromatic heterocycles. The van der Waals surface area contributed by atoms with E-state index >= 15 is 0 Å². The molecule has 0 fully saturated rings. The number of benzene rings is 2. The number of hydrogen-bond donors (Lipinski definition) is 2. The summed E-state index contributed by atoms with van der Waals surface area (Å²) in [5.74, 6) is -0.911. The molecule has 178 valence electrons. The van der Waals surface area contributed by atoms with Crippen LogP contribution in [0.25, 0.3) is 22.1 Å². The number of nitrogens with zero attached hydrogens (tertiary/aromatic N) is 4. The van der Waals surface area contributed by atoms with Crippen molar-refractivity contribution in [3.8, 4) is 0 Å². The van der Waals surface area contributed by atoms with E-state index in [4.69, 9.17) is 0 Å². The fraction of sp³-hybridized carbons (Fsp3) is 0.200. The maximum Gasteiger partial charge on any atom is 0.418 e. The van der Waals surface area contributed by atoms with Crippen molar-refractivity contribution in [2.75, 3.05) is 25.2 Å². The maximum absolute atomic E-state index is 13.1. The highest BCUT2D eigenvalue weighted by molar-refractivity contribution is 7.99. The summed E-state index contributed by atoms with van der Waals surface area (Å²) in [4.78, 5) is 19.6. The third kappa shape index (κ3) is 4.69. The predicted molar refractivity (Wildman–Crippen MR) is 121 cm³/mol. The lowest BCUT2D eigenvalue weighted by Gasteiger charge is -2.13. The van der Waals surface area contributed by atoms with Gasteiger partial charge in [-0.15, -0.1) is 10.2 Å². The number of hydrogen-bond acceptors (Lipinski definition) is 7. The molecular formula is C20H17F3N6O3S2. The van der Waals surface area contributed by atoms with Gasteiger partial charge < -0.3 is 10.3 Å². The van der Waals surface area contributed by atoms with Gasteiger partial charge in [-0.25, -0.2) is 17.7 Å². The molecule has 9 nitrogen and oxygen atoms in total. The van der Waals surface area contributed by atoms with Crippen molar-refractivity contribution in [1.82, 2.24) is 24.5 Å². The van der Waals surface area contributed by atoms with Crippen molar-refractivity contribution in [3.05, 3.63) is 48.0 Å². The number of fused-ring (bicyclic) bond motifs is 3. The Bertz CT molecular complexity index is 1500. The van der Waals surface area contributed by atoms with E-state index in [0.29, 0.717) is 22.1 Å². The van der Waals surface area contributed by atoms with Gasteiger partial charge in [0, 0.05) is 25.0 Å². The topological polar surface area (TPSA) is 121 Å². The number of carbonyl (C=O) groups is 1. The Balaban J connectivity index is 1.53. The van der Waals surface area contributed by atoms with Crippen molar-refractivity contribution in [2.24, 2.45) is 0 Å². The fourth-order valence-corrected chi connectivity index (χ4v) is 4.64. The summed E-state index contributed by atoms with van der Waals surface area (Å²) < 4.78 is 65.2. The van der Waals surface area contributed by atoms with E-state index in [0.717, 1.165) is 22.1 Å². The Labute approximate surface area is 195 Å². The molecule has 0 spiro atoms. The first-order chi connectivity index (χ1) is 16.0. The van der Waals surface area contributed by atoms with Crippen LogP contribution in [0.2, 0.25) is 0 Å². The van der Waals surface area contributed by atoms with Crippen LogP contribution < -0.4 is 5.32 Å². The molecule has 0 aliphatic heterocycles. The van der Waals surface area contributed by atoms with Crippen molar-refractivity contribution >= 4 is 55.4 Å². The van der Waals surface area contributed by atoms with Crippen LogP contribution in [0, 0.1) is 0 Å². The number of para-hydroxylation sites is 1. The number of aromatic nitrogens is 4. The standard InChI is InChI=1S/C20H17F3N6O3S2/c1-29(2)34(31,32)11-7-8-14-12(9-11)17-18(25-14)26-19(28-27-17)33-10-16(30)24-15-6-4-3-5-13(15)20(21,22)23/h3-9H,10H2,1-2H3,(H,24,30)(H,25,26,28). The van der Waals surface area contributed by atoms with Crippen LogP contribution in [0.3, 0.4) is 0 Å². The molecule has 2 heterocycles. The third-order valence-corrected chi connectivity index (χ3v) is 7.43. The Morgan fingerprint density at radius 3 is 2.59 bits per heavy atom. The monoisotopic (exact) mass is 510 g/mol. The molecule has 0 atom stereocenters. The number of nitrogens with one attached hydrogen (secondary N) is 2. The summed E-state index contributed by atoms with van der Waals surface area (Å²) >= 11 is 0.897. The molecule has 2 N–H and O–H groups in total. The van der Waals surface area contributed by atoms with Crippen molar-refractivity contribution in [3.63, 3.8) is 0 Å². The number of carbonyl (C=O) groups excluding carboxylic acids is 1. The van der Waals surface area contributed by atoms with Gasteiger partial charge >= 0.3 is 6.18 Å². The molecule has 0 radical (unpaired) electrons. The van der Waals surface area contributed by atoms with Gasteiger partial charge in [0.1, 0.15) is 5.52 Å². The van der Waals surface area contributed by atoms with Crippen LogP contribution in [0.4, 0.5) is 18.9 Å². The van der Waals surface area contributed by atoms with Gasteiger partial charge in [-0.2, -0.15) is 13.2 Å². The van der Waals surface area contributed by atoms with Gasteiger partial charge in [-0.3, -0.25) is 4.79 Å². The summed E-state index contributed by atoms with van der Waals surface area (Å²) in [7, 11) is -0.791. The van der Waals surface area contributed by atoms with E-state index in [1.807, 2.05) is 0 Å². The van der Waals surface area contributed by atoms with Crippen molar-refractivity contribution in [1.29, 1.82) is 0 Å². The molecular weight excluding hydrogens is 493 g/mol. The van der Waals surface area contributed by atoms with E-state index < -0.39 is 27.7 Å². The van der Waals surface area contributed by atoms with E-state index in [2.05, 4.69) is 25.5 Å². The van der Waals surface area contributed by atoms with Crippen LogP contribution >= 0.6 is 11.8 Å². The summed E-state index contributed by atoms with van der Waals surface area (Å²) in [6.45, 7) is 0. The number of rotatable bonds is 6. The number of amides is 1. The average Bonchev–Trinajstić information content (AvgIpc) is 3.14. The van der Waals surface area contributed by atoms with Gasteiger partial charge in [-0.05, 0) is 30.3 Å². The molecule has 4 rings (SSSR count). The second kappa shape index (κ2) is 8.85. The minimum atomic E-state index is -4.60. The molecule has 0 aliphatic rings. The molecule has 2 aromatic carbocycles. The minimum Gasteiger partial charge on any atom is -0.338 e. The van der Waals surface area contributed by atoms with E-state index in [-0.39, 0.29) is 21.5 Å². The summed E-state index contributed by atoms with van der Waals surface area (Å²) in [5.41, 5.74) is -0.0119. The first-order valence-electron chi connectivity index (χ1n) is 9.64. The number of thioether (sulfide) groups is 1. The first kappa shape index (κ1) is 23.9. The lowest BCUT2D eigenvalue weighted by atomic mass is 10.1. The van der Waals surface area contributed by atoms with Crippen molar-refractivity contribution in [2.45, 2.75) is 16.2 Å². The first-order valence-corrected chi connectivity index (χ1v) is 12.1. The smallest absolute Gasteiger partial charge is 0.338 e. The fourth-order valence-electron chi connectivity index (χ4n) is 3.12. The SMILES string of the molecule is CN(C)S(=O)(=O)c1ccc2[nH]c3nc(SCC(=O)Nc4ccccc4C(F)(F)F)nnc3c2c1. The maximum atomic E-state index is 13.1. The number of halogens is 3. The van der Waals surface area contributed by atoms with Crippen LogP contribution in [-0.2, 0) is 21.0 Å². The average molecular weight is 511 g/mol. The highest BCUT2D eigenvalue weighted by atomic mass is 32.2. The van der Waals surface area contributed by atoms with Gasteiger partial charge in [-0.1, -0.05) is 23.9 Å². The molecule has 14 heteroatoms. The normalized spacial score (nSPS) is 12.5. The van der Waals surface area contributed by atoms with Crippen LogP contribution in [0.5, 0.6) is 0 Å². The largest absolute Gasteiger partial charge is 0.418 e. The van der Waals surface area contributed by atoms with Gasteiger partial charge in [0.15, 0.2) is 5.65 Å². The number of aromatic amines is 1. The second-order valence-electron chi connectivity index (χ2n) is 7.29. The molecule has 0 saturated heterocycles. The summed E-state index contributed by atoms with van der Waals surface area (Å²) in [5, 5.41) is 10.9. The zero-order chi connectivity index (χ0) is 24.7. The van der Waals surface area contributed by atoms with Crippen LogP contribution in [-0.4, -0.2) is 58.6 Å². The number of anilines is 1. The molecule has 0 saturated carbocycles. The van der Waals surface area contributed by atoms with Gasteiger partial charge in [0.05, 0.1) is 21.9 Å². The molecule has 1 amide bonds. The van der Waals surface area contributed by atoms with E-state index in [9.17, 15) is 26.4 Å². The molecule has 4 aromatic rings. The Morgan fingerprint density at radius 1 is 1.15 bits per heavy atom. The zero-order valence-corrected chi connectivity index (χ0v) is 19.3. The summed E-state index contributed by atoms with van der Waals surface area (Å²) in [6.07, 6.45) is -4.60. The molecule has 0 bridgehead atoms. The van der Waals surface area contributed by atoms with E-state index in [1.165, 1.54) is 44.4 Å². The van der Waals surface area contributed by atoms with Crippen LogP contribution in [0.1, 0.15) is 5.56 Å². The Hall–Kier alpha value is -3.23. The lowest BCUT2D eigenvalue weighted by molar-refractivity contribution is -0.137. The Morgan fingerprint density at radius 2 is 1.88 bits per heavy atom. The predicted octanol–water partition coefficient (Wildman–Crippen LogP) is 3.51. The van der Waals surface area contributed by atoms with Gasteiger partial charge in [0.25, 0.3) is 0 Å². The molecule has 34 heavy (non-hydrogen) atoms. The molecule has 0 unspecified atom stereocenters. The highest BCUT2D eigenvalue weighted by Gasteiger charge is 2.33. The summed E-state index contributed by atoms with van der Waals surface area (Å²) in [6, 6.07) is 9.20. The third-order valence-electron chi connectivity index (χ3n) is 4.78.